The van der Waals surface area contributed by atoms with Gasteiger partial charge in [-0.05, 0) is 12.8 Å². The molecule has 0 amide bonds. The molecule has 1 heterocycles. The van der Waals surface area contributed by atoms with Gasteiger partial charge in [0.05, 0.1) is 6.20 Å². The number of nitrogens with zero attached hydrogens (tertiary/aromatic N) is 2. The van der Waals surface area contributed by atoms with Crippen molar-refractivity contribution in [2.75, 3.05) is 7.05 Å². The lowest BCUT2D eigenvalue weighted by molar-refractivity contribution is 0.454. The molecule has 1 aromatic heterocycles. The molecule has 1 aliphatic carbocycles. The summed E-state index contributed by atoms with van der Waals surface area (Å²) in [5.41, 5.74) is 0.846. The van der Waals surface area contributed by atoms with Gasteiger partial charge in [0.1, 0.15) is 0 Å². The normalized spacial score (nSPS) is 17.2. The van der Waals surface area contributed by atoms with Crippen molar-refractivity contribution >= 4 is 10.2 Å². The largest absolute Gasteiger partial charge is 0.285 e. The molecule has 1 saturated carbocycles. The Labute approximate surface area is 88.9 Å². The van der Waals surface area contributed by atoms with Crippen LogP contribution in [-0.4, -0.2) is 36.0 Å². The van der Waals surface area contributed by atoms with Crippen molar-refractivity contribution in [2.24, 2.45) is 0 Å². The van der Waals surface area contributed by atoms with Crippen LogP contribution in [0.25, 0.3) is 0 Å². The van der Waals surface area contributed by atoms with Crippen LogP contribution in [0, 0.1) is 0 Å². The first-order valence-electron chi connectivity index (χ1n) is 4.79. The molecule has 0 unspecified atom stereocenters. The van der Waals surface area contributed by atoms with E-state index >= 15 is 0 Å². The van der Waals surface area contributed by atoms with E-state index < -0.39 is 10.2 Å². The average molecular weight is 230 g/mol. The zero-order chi connectivity index (χ0) is 10.9. The second-order valence-electron chi connectivity index (χ2n) is 3.76. The van der Waals surface area contributed by atoms with E-state index in [2.05, 4.69) is 14.9 Å². The second kappa shape index (κ2) is 3.92. The molecule has 0 radical (unpaired) electrons. The van der Waals surface area contributed by atoms with Crippen LogP contribution >= 0.6 is 0 Å². The summed E-state index contributed by atoms with van der Waals surface area (Å²) < 4.78 is 27.3. The fraction of sp³-hybridized carbons (Fsp3) is 0.625. The molecule has 0 bridgehead atoms. The van der Waals surface area contributed by atoms with Crippen LogP contribution in [0.15, 0.2) is 12.4 Å². The minimum absolute atomic E-state index is 0.141. The van der Waals surface area contributed by atoms with Gasteiger partial charge >= 0.3 is 0 Å². The van der Waals surface area contributed by atoms with E-state index in [4.69, 9.17) is 0 Å². The zero-order valence-electron chi connectivity index (χ0n) is 8.47. The topological polar surface area (TPSA) is 78.1 Å². The fourth-order valence-electron chi connectivity index (χ4n) is 1.21. The highest BCUT2D eigenvalue weighted by atomic mass is 32.2. The van der Waals surface area contributed by atoms with E-state index in [9.17, 15) is 8.42 Å². The van der Waals surface area contributed by atoms with Crippen molar-refractivity contribution in [2.45, 2.75) is 25.4 Å². The number of aromatic amines is 1. The Morgan fingerprint density at radius 3 is 2.93 bits per heavy atom. The van der Waals surface area contributed by atoms with E-state index in [1.165, 1.54) is 4.31 Å². The maximum Gasteiger partial charge on any atom is 0.279 e. The maximum atomic E-state index is 11.7. The minimum atomic E-state index is -3.33. The van der Waals surface area contributed by atoms with Crippen LogP contribution in [0.3, 0.4) is 0 Å². The molecule has 1 aromatic rings. The number of nitrogens with one attached hydrogen (secondary N) is 2. The standard InChI is InChI=1S/C8H14N4O2S/c1-12(6-7-4-9-10-5-7)15(13,14)11-8-2-3-8/h4-5,8,11H,2-3,6H2,1H3,(H,9,10). The molecule has 7 heteroatoms. The smallest absolute Gasteiger partial charge is 0.279 e. The maximum absolute atomic E-state index is 11.7. The summed E-state index contributed by atoms with van der Waals surface area (Å²) in [6.45, 7) is 0.332. The highest BCUT2D eigenvalue weighted by Gasteiger charge is 2.29. The summed E-state index contributed by atoms with van der Waals surface area (Å²) >= 11 is 0. The highest BCUT2D eigenvalue weighted by molar-refractivity contribution is 7.87. The SMILES string of the molecule is CN(Cc1cn[nH]c1)S(=O)(=O)NC1CC1. The predicted octanol–water partition coefficient (Wildman–Crippen LogP) is -0.162. The summed E-state index contributed by atoms with van der Waals surface area (Å²) in [5, 5.41) is 6.41. The molecule has 0 saturated heterocycles. The van der Waals surface area contributed by atoms with Crippen LogP contribution in [-0.2, 0) is 16.8 Å². The van der Waals surface area contributed by atoms with Crippen molar-refractivity contribution in [1.29, 1.82) is 0 Å². The molecule has 1 fully saturated rings. The third-order valence-electron chi connectivity index (χ3n) is 2.26. The van der Waals surface area contributed by atoms with Crippen molar-refractivity contribution in [1.82, 2.24) is 19.2 Å². The molecule has 0 spiro atoms. The van der Waals surface area contributed by atoms with Gasteiger partial charge in [0.25, 0.3) is 10.2 Å². The van der Waals surface area contributed by atoms with E-state index in [1.807, 2.05) is 0 Å². The van der Waals surface area contributed by atoms with Gasteiger partial charge in [0.2, 0.25) is 0 Å². The van der Waals surface area contributed by atoms with Crippen LogP contribution in [0.5, 0.6) is 0 Å². The summed E-state index contributed by atoms with van der Waals surface area (Å²) in [6.07, 6.45) is 5.18. The fourth-order valence-corrected chi connectivity index (χ4v) is 2.36. The highest BCUT2D eigenvalue weighted by Crippen LogP contribution is 2.20. The Morgan fingerprint density at radius 1 is 1.67 bits per heavy atom. The molecule has 0 aliphatic heterocycles. The number of rotatable bonds is 5. The molecule has 6 nitrogen and oxygen atoms in total. The van der Waals surface area contributed by atoms with Gasteiger partial charge < -0.3 is 0 Å². The molecular formula is C8H14N4O2S. The monoisotopic (exact) mass is 230 g/mol. The lowest BCUT2D eigenvalue weighted by Crippen LogP contribution is -2.38. The van der Waals surface area contributed by atoms with Gasteiger partial charge in [0.15, 0.2) is 0 Å². The number of H-pyrrole nitrogens is 1. The van der Waals surface area contributed by atoms with Gasteiger partial charge in [0, 0.05) is 31.4 Å². The zero-order valence-corrected chi connectivity index (χ0v) is 9.29. The molecule has 0 atom stereocenters. The van der Waals surface area contributed by atoms with Gasteiger partial charge in [-0.25, -0.2) is 0 Å². The number of hydrogen-bond donors (Lipinski definition) is 2. The van der Waals surface area contributed by atoms with E-state index in [-0.39, 0.29) is 6.04 Å². The van der Waals surface area contributed by atoms with E-state index in [0.29, 0.717) is 6.54 Å². The first kappa shape index (κ1) is 10.6. The van der Waals surface area contributed by atoms with Crippen molar-refractivity contribution in [3.8, 4) is 0 Å². The predicted molar refractivity (Wildman–Crippen MR) is 55.1 cm³/mol. The molecule has 1 aliphatic rings. The summed E-state index contributed by atoms with van der Waals surface area (Å²) in [4.78, 5) is 0. The Morgan fingerprint density at radius 2 is 2.40 bits per heavy atom. The van der Waals surface area contributed by atoms with Crippen molar-refractivity contribution in [3.05, 3.63) is 18.0 Å². The van der Waals surface area contributed by atoms with Gasteiger partial charge in [-0.3, -0.25) is 5.10 Å². The van der Waals surface area contributed by atoms with Crippen LogP contribution < -0.4 is 4.72 Å². The summed E-state index contributed by atoms with van der Waals surface area (Å²) in [6, 6.07) is 0.141. The van der Waals surface area contributed by atoms with Crippen LogP contribution in [0.2, 0.25) is 0 Å². The van der Waals surface area contributed by atoms with Crippen LogP contribution in [0.1, 0.15) is 18.4 Å². The molecular weight excluding hydrogens is 216 g/mol. The Bertz CT molecular complexity index is 410. The summed E-state index contributed by atoms with van der Waals surface area (Å²) in [7, 11) is -1.78. The van der Waals surface area contributed by atoms with Crippen molar-refractivity contribution < 1.29 is 8.42 Å². The van der Waals surface area contributed by atoms with Gasteiger partial charge in [-0.15, -0.1) is 0 Å². The van der Waals surface area contributed by atoms with Gasteiger partial charge in [-0.2, -0.15) is 22.5 Å². The number of hydrogen-bond acceptors (Lipinski definition) is 3. The molecule has 2 N–H and O–H groups in total. The first-order chi connectivity index (χ1) is 7.08. The summed E-state index contributed by atoms with van der Waals surface area (Å²) in [5.74, 6) is 0. The molecule has 0 aromatic carbocycles. The molecule has 15 heavy (non-hydrogen) atoms. The molecule has 2 rings (SSSR count). The van der Waals surface area contributed by atoms with Crippen molar-refractivity contribution in [3.63, 3.8) is 0 Å². The lowest BCUT2D eigenvalue weighted by atomic mass is 10.4. The van der Waals surface area contributed by atoms with E-state index in [0.717, 1.165) is 18.4 Å². The average Bonchev–Trinajstić information content (AvgIpc) is 2.81. The van der Waals surface area contributed by atoms with E-state index in [1.54, 1.807) is 19.4 Å². The minimum Gasteiger partial charge on any atom is -0.285 e. The lowest BCUT2D eigenvalue weighted by Gasteiger charge is -2.16. The Balaban J connectivity index is 1.96. The Kier molecular flexibility index (Phi) is 2.76. The third-order valence-corrected chi connectivity index (χ3v) is 3.84. The molecule has 84 valence electrons. The first-order valence-corrected chi connectivity index (χ1v) is 6.23. The van der Waals surface area contributed by atoms with Crippen LogP contribution in [0.4, 0.5) is 0 Å². The third kappa shape index (κ3) is 2.77. The number of aromatic nitrogens is 2. The second-order valence-corrected chi connectivity index (χ2v) is 5.57. The quantitative estimate of drug-likeness (QED) is 0.737. The Hall–Kier alpha value is -0.920. The van der Waals surface area contributed by atoms with Gasteiger partial charge in [-0.1, -0.05) is 0 Å².